The predicted octanol–water partition coefficient (Wildman–Crippen LogP) is 5.22. The van der Waals surface area contributed by atoms with Gasteiger partial charge in [-0.3, -0.25) is 4.57 Å². The smallest absolute Gasteiger partial charge is 0.446 e. The number of fused-ring (bicyclic) bond motifs is 1. The minimum Gasteiger partial charge on any atom is -0.446 e. The van der Waals surface area contributed by atoms with Gasteiger partial charge in [0.05, 0.1) is 6.61 Å². The van der Waals surface area contributed by atoms with Crippen LogP contribution in [0.15, 0.2) is 59.9 Å². The number of aromatic nitrogens is 2. The zero-order valence-corrected chi connectivity index (χ0v) is 15.8. The largest absolute Gasteiger partial charge is 0.573 e. The van der Waals surface area contributed by atoms with E-state index in [0.717, 1.165) is 18.5 Å². The number of hydrogen-bond donors (Lipinski definition) is 0. The maximum absolute atomic E-state index is 12.0. The summed E-state index contributed by atoms with van der Waals surface area (Å²) in [5.41, 5.74) is 1.78. The van der Waals surface area contributed by atoms with Crippen LogP contribution in [-0.2, 0) is 6.54 Å². The van der Waals surface area contributed by atoms with E-state index in [1.165, 1.54) is 42.6 Å². The number of alkyl halides is 3. The topological polar surface area (TPSA) is 109 Å². The molecule has 12 heteroatoms. The van der Waals surface area contributed by atoms with Crippen LogP contribution < -0.4 is 9.47 Å². The average molecular weight is 436 g/mol. The Kier molecular flexibility index (Phi) is 6.48. The number of nitrogens with zero attached hydrogens (tertiary/aromatic N) is 4. The summed E-state index contributed by atoms with van der Waals surface area (Å²) in [5.74, 6) is -0.422. The minimum atomic E-state index is -4.70. The molecule has 3 aromatic rings. The Balaban J connectivity index is 0.000000194. The molecule has 0 saturated carbocycles. The second kappa shape index (κ2) is 9.24. The number of halogens is 3. The summed E-state index contributed by atoms with van der Waals surface area (Å²) < 4.78 is 46.5. The highest BCUT2D eigenvalue weighted by molar-refractivity contribution is 5.65. The first-order valence-electron chi connectivity index (χ1n) is 8.89. The number of hydrogen-bond acceptors (Lipinski definition) is 7. The van der Waals surface area contributed by atoms with Crippen molar-refractivity contribution in [2.24, 2.45) is 5.18 Å². The summed E-state index contributed by atoms with van der Waals surface area (Å²) in [7, 11) is 0. The van der Waals surface area contributed by atoms with Gasteiger partial charge < -0.3 is 19.6 Å². The molecule has 1 aliphatic heterocycles. The highest BCUT2D eigenvalue weighted by Crippen LogP contribution is 2.27. The molecule has 0 unspecified atom stereocenters. The van der Waals surface area contributed by atoms with Crippen molar-refractivity contribution in [3.63, 3.8) is 0 Å². The van der Waals surface area contributed by atoms with E-state index in [9.17, 15) is 28.2 Å². The number of imidazole rings is 1. The maximum Gasteiger partial charge on any atom is 0.573 e. The van der Waals surface area contributed by atoms with Gasteiger partial charge in [-0.2, -0.15) is 0 Å². The predicted molar refractivity (Wildman–Crippen MR) is 103 cm³/mol. The average Bonchev–Trinajstić information content (AvgIpc) is 3.19. The molecule has 31 heavy (non-hydrogen) atoms. The van der Waals surface area contributed by atoms with E-state index in [2.05, 4.69) is 14.9 Å². The third-order valence-corrected chi connectivity index (χ3v) is 4.08. The van der Waals surface area contributed by atoms with Crippen molar-refractivity contribution in [1.29, 1.82) is 0 Å². The van der Waals surface area contributed by atoms with Crippen molar-refractivity contribution in [3.05, 3.63) is 69.7 Å². The quantitative estimate of drug-likeness (QED) is 0.315. The molecule has 0 spiro atoms. The number of nitroso groups, excluding NO2 is 1. The molecule has 0 bridgehead atoms. The van der Waals surface area contributed by atoms with Crippen LogP contribution in [0.3, 0.4) is 0 Å². The zero-order valence-electron chi connectivity index (χ0n) is 15.8. The summed E-state index contributed by atoms with van der Waals surface area (Å²) >= 11 is 0. The van der Waals surface area contributed by atoms with Gasteiger partial charge in [0.15, 0.2) is 0 Å². The van der Waals surface area contributed by atoms with E-state index in [0.29, 0.717) is 23.9 Å². The third kappa shape index (κ3) is 6.01. The summed E-state index contributed by atoms with van der Waals surface area (Å²) in [6.07, 6.45) is -2.42. The van der Waals surface area contributed by atoms with Crippen molar-refractivity contribution < 1.29 is 27.6 Å². The molecule has 0 aliphatic carbocycles. The Hall–Kier alpha value is -3.96. The molecule has 0 amide bonds. The van der Waals surface area contributed by atoms with Crippen molar-refractivity contribution in [1.82, 2.24) is 9.55 Å². The van der Waals surface area contributed by atoms with Gasteiger partial charge in [0.1, 0.15) is 17.6 Å². The fourth-order valence-corrected chi connectivity index (χ4v) is 2.71. The molecule has 0 N–H and O–H groups in total. The number of benzene rings is 2. The van der Waals surface area contributed by atoms with E-state index in [-0.39, 0.29) is 11.6 Å². The van der Waals surface area contributed by atoms with Crippen LogP contribution in [0.4, 0.5) is 24.7 Å². The van der Waals surface area contributed by atoms with Gasteiger partial charge in [-0.15, -0.1) is 18.1 Å². The van der Waals surface area contributed by atoms with Crippen molar-refractivity contribution in [2.45, 2.75) is 19.3 Å². The molecule has 0 saturated heterocycles. The SMILES string of the molecule is O=Nc1ccc(-c2ccc(OC(F)(F)F)cc2)cc1.O=[N+]([O-])c1cn2c(n1)OCCC2. The van der Waals surface area contributed by atoms with Crippen LogP contribution >= 0.6 is 0 Å². The highest BCUT2D eigenvalue weighted by atomic mass is 19.4. The van der Waals surface area contributed by atoms with Gasteiger partial charge in [0.25, 0.3) is 0 Å². The van der Waals surface area contributed by atoms with Crippen LogP contribution in [-0.4, -0.2) is 27.4 Å². The van der Waals surface area contributed by atoms with Gasteiger partial charge in [0, 0.05) is 11.5 Å². The normalized spacial score (nSPS) is 12.6. The molecule has 0 atom stereocenters. The van der Waals surface area contributed by atoms with Crippen molar-refractivity contribution in [3.8, 4) is 22.9 Å². The second-order valence-corrected chi connectivity index (χ2v) is 6.24. The van der Waals surface area contributed by atoms with Gasteiger partial charge in [-0.25, -0.2) is 0 Å². The molecule has 9 nitrogen and oxygen atoms in total. The Morgan fingerprint density at radius 3 is 2.23 bits per heavy atom. The third-order valence-electron chi connectivity index (χ3n) is 4.08. The first kappa shape index (κ1) is 21.7. The molecule has 2 heterocycles. The number of nitro groups is 1. The van der Waals surface area contributed by atoms with E-state index >= 15 is 0 Å². The fourth-order valence-electron chi connectivity index (χ4n) is 2.71. The summed E-state index contributed by atoms with van der Waals surface area (Å²) in [6, 6.07) is 12.2. The van der Waals surface area contributed by atoms with Crippen molar-refractivity contribution >= 4 is 11.5 Å². The van der Waals surface area contributed by atoms with Crippen LogP contribution in [0.1, 0.15) is 6.42 Å². The molecule has 0 radical (unpaired) electrons. The van der Waals surface area contributed by atoms with E-state index in [1.54, 1.807) is 16.7 Å². The molecule has 1 aromatic heterocycles. The van der Waals surface area contributed by atoms with Gasteiger partial charge in [0.2, 0.25) is 0 Å². The summed E-state index contributed by atoms with van der Waals surface area (Å²) in [4.78, 5) is 23.7. The van der Waals surface area contributed by atoms with Gasteiger partial charge in [-0.1, -0.05) is 24.3 Å². The molecular formula is C19H15F3N4O5. The Labute approximate surface area is 173 Å². The Morgan fingerprint density at radius 2 is 1.71 bits per heavy atom. The Morgan fingerprint density at radius 1 is 1.10 bits per heavy atom. The second-order valence-electron chi connectivity index (χ2n) is 6.24. The van der Waals surface area contributed by atoms with Crippen LogP contribution in [0.25, 0.3) is 11.1 Å². The van der Waals surface area contributed by atoms with Crippen LogP contribution in [0, 0.1) is 15.0 Å². The van der Waals surface area contributed by atoms with Crippen molar-refractivity contribution in [2.75, 3.05) is 6.61 Å². The summed E-state index contributed by atoms with van der Waals surface area (Å²) in [6.45, 7) is 1.34. The van der Waals surface area contributed by atoms with Gasteiger partial charge >= 0.3 is 18.2 Å². The lowest BCUT2D eigenvalue weighted by atomic mass is 10.1. The fraction of sp³-hybridized carbons (Fsp3) is 0.211. The molecule has 2 aromatic carbocycles. The first-order chi connectivity index (χ1) is 14.7. The standard InChI is InChI=1S/C13H8F3NO2.C6H7N3O3/c14-13(15,16)19-12-7-3-10(4-8-12)9-1-5-11(17-18)6-2-9;10-9(11)5-4-8-2-1-3-12-6(8)7-5/h1-8H;4H,1-3H2. The first-order valence-corrected chi connectivity index (χ1v) is 8.89. The number of aryl methyl sites for hydroxylation is 1. The number of ether oxygens (including phenoxy) is 2. The molecule has 1 aliphatic rings. The number of rotatable bonds is 4. The summed E-state index contributed by atoms with van der Waals surface area (Å²) in [5, 5.41) is 13.1. The minimum absolute atomic E-state index is 0.146. The highest BCUT2D eigenvalue weighted by Gasteiger charge is 2.31. The zero-order chi connectivity index (χ0) is 22.4. The Bertz CT molecular complexity index is 1030. The molecule has 162 valence electrons. The maximum atomic E-state index is 12.0. The lowest BCUT2D eigenvalue weighted by Gasteiger charge is -2.09. The lowest BCUT2D eigenvalue weighted by Crippen LogP contribution is -2.16. The van der Waals surface area contributed by atoms with Gasteiger partial charge in [-0.05, 0) is 51.9 Å². The monoisotopic (exact) mass is 436 g/mol. The molecule has 4 rings (SSSR count). The van der Waals surface area contributed by atoms with E-state index in [1.807, 2.05) is 0 Å². The van der Waals surface area contributed by atoms with E-state index in [4.69, 9.17) is 4.74 Å². The van der Waals surface area contributed by atoms with Crippen LogP contribution in [0.5, 0.6) is 11.8 Å². The molecular weight excluding hydrogens is 421 g/mol. The van der Waals surface area contributed by atoms with Crippen LogP contribution in [0.2, 0.25) is 0 Å². The lowest BCUT2D eigenvalue weighted by molar-refractivity contribution is -0.389. The molecule has 0 fully saturated rings. The van der Waals surface area contributed by atoms with E-state index < -0.39 is 11.3 Å².